The van der Waals surface area contributed by atoms with Crippen molar-refractivity contribution >= 4 is 10.2 Å². The molecular weight excluding hydrogens is 207 g/mol. The van der Waals surface area contributed by atoms with Gasteiger partial charge in [0.2, 0.25) is 0 Å². The first-order valence-electron chi connectivity index (χ1n) is 4.52. The molecule has 0 radical (unpaired) electrons. The van der Waals surface area contributed by atoms with Gasteiger partial charge in [0.1, 0.15) is 0 Å². The fourth-order valence-corrected chi connectivity index (χ4v) is 2.27. The molecule has 6 heteroatoms. The zero-order valence-electron chi connectivity index (χ0n) is 7.79. The van der Waals surface area contributed by atoms with Crippen molar-refractivity contribution in [1.29, 1.82) is 5.26 Å². The summed E-state index contributed by atoms with van der Waals surface area (Å²) in [5, 5.41) is 12.0. The molecule has 1 fully saturated rings. The number of halogens is 1. The molecule has 1 aliphatic rings. The number of nitrogens with zero attached hydrogens (tertiary/aromatic N) is 1. The van der Waals surface area contributed by atoms with E-state index in [1.807, 2.05) is 0 Å². The molecular formula is C8H13FN2O2S. The maximum atomic E-state index is 12.3. The van der Waals surface area contributed by atoms with Crippen LogP contribution in [0.2, 0.25) is 0 Å². The monoisotopic (exact) mass is 220 g/mol. The molecule has 4 nitrogen and oxygen atoms in total. The van der Waals surface area contributed by atoms with Gasteiger partial charge in [-0.25, -0.2) is 0 Å². The minimum Gasteiger partial charge on any atom is -0.317 e. The summed E-state index contributed by atoms with van der Waals surface area (Å²) in [5.41, 5.74) is -0.648. The topological polar surface area (TPSA) is 70.0 Å². The molecule has 1 rings (SSSR count). The second-order valence-corrected chi connectivity index (χ2v) is 5.12. The van der Waals surface area contributed by atoms with Gasteiger partial charge in [0, 0.05) is 0 Å². The van der Waals surface area contributed by atoms with Crippen LogP contribution in [0.3, 0.4) is 0 Å². The van der Waals surface area contributed by atoms with E-state index in [2.05, 4.69) is 11.4 Å². The highest BCUT2D eigenvalue weighted by Gasteiger charge is 2.33. The molecule has 0 amide bonds. The lowest BCUT2D eigenvalue weighted by Crippen LogP contribution is -2.36. The van der Waals surface area contributed by atoms with Gasteiger partial charge >= 0.3 is 10.2 Å². The summed E-state index contributed by atoms with van der Waals surface area (Å²) in [5.74, 6) is -0.541. The lowest BCUT2D eigenvalue weighted by molar-refractivity contribution is 0.273. The van der Waals surface area contributed by atoms with Gasteiger partial charge in [0.15, 0.2) is 0 Å². The van der Waals surface area contributed by atoms with E-state index >= 15 is 0 Å². The van der Waals surface area contributed by atoms with E-state index in [0.29, 0.717) is 25.9 Å². The van der Waals surface area contributed by atoms with Crippen LogP contribution < -0.4 is 5.32 Å². The first-order chi connectivity index (χ1) is 6.47. The Kier molecular flexibility index (Phi) is 3.45. The van der Waals surface area contributed by atoms with Crippen molar-refractivity contribution in [3.63, 3.8) is 0 Å². The lowest BCUT2D eigenvalue weighted by Gasteiger charge is -2.30. The first-order valence-corrected chi connectivity index (χ1v) is 6.07. The normalized spacial score (nSPS) is 21.4. The van der Waals surface area contributed by atoms with E-state index in [9.17, 15) is 12.3 Å². The van der Waals surface area contributed by atoms with Crippen molar-refractivity contribution in [2.45, 2.75) is 19.3 Å². The molecule has 1 N–H and O–H groups in total. The van der Waals surface area contributed by atoms with Crippen LogP contribution in [0.15, 0.2) is 0 Å². The SMILES string of the molecule is N#CC1(CCS(=O)(=O)F)CCNCC1. The Morgan fingerprint density at radius 3 is 2.43 bits per heavy atom. The number of hydrogen-bond donors (Lipinski definition) is 1. The maximum Gasteiger partial charge on any atom is 0.302 e. The average molecular weight is 220 g/mol. The fraction of sp³-hybridized carbons (Fsp3) is 0.875. The summed E-state index contributed by atoms with van der Waals surface area (Å²) in [4.78, 5) is 0. The predicted molar refractivity (Wildman–Crippen MR) is 49.7 cm³/mol. The zero-order valence-corrected chi connectivity index (χ0v) is 8.61. The Balaban J connectivity index is 2.58. The predicted octanol–water partition coefficient (Wildman–Crippen LogP) is 0.569. The van der Waals surface area contributed by atoms with Gasteiger partial charge in [-0.1, -0.05) is 0 Å². The van der Waals surface area contributed by atoms with E-state index in [-0.39, 0.29) is 6.42 Å². The fourth-order valence-electron chi connectivity index (χ4n) is 1.64. The van der Waals surface area contributed by atoms with Gasteiger partial charge in [-0.05, 0) is 32.4 Å². The second kappa shape index (κ2) is 4.24. The van der Waals surface area contributed by atoms with Crippen molar-refractivity contribution in [2.24, 2.45) is 5.41 Å². The molecule has 0 spiro atoms. The van der Waals surface area contributed by atoms with Crippen molar-refractivity contribution in [1.82, 2.24) is 5.32 Å². The number of hydrogen-bond acceptors (Lipinski definition) is 4. The van der Waals surface area contributed by atoms with Crippen LogP contribution in [0.4, 0.5) is 3.89 Å². The van der Waals surface area contributed by atoms with Gasteiger partial charge in [-0.2, -0.15) is 13.7 Å². The number of nitriles is 1. The van der Waals surface area contributed by atoms with Crippen molar-refractivity contribution in [3.05, 3.63) is 0 Å². The van der Waals surface area contributed by atoms with Crippen molar-refractivity contribution in [3.8, 4) is 6.07 Å². The summed E-state index contributed by atoms with van der Waals surface area (Å²) in [7, 11) is -4.44. The van der Waals surface area contributed by atoms with E-state index < -0.39 is 21.4 Å². The summed E-state index contributed by atoms with van der Waals surface area (Å²) in [6.45, 7) is 1.39. The lowest BCUT2D eigenvalue weighted by atomic mass is 9.78. The van der Waals surface area contributed by atoms with Gasteiger partial charge < -0.3 is 5.32 Å². The third kappa shape index (κ3) is 3.24. The van der Waals surface area contributed by atoms with E-state index in [1.165, 1.54) is 0 Å². The molecule has 0 bridgehead atoms. The summed E-state index contributed by atoms with van der Waals surface area (Å²) in [6.07, 6.45) is 1.29. The minimum absolute atomic E-state index is 0.101. The van der Waals surface area contributed by atoms with Crippen molar-refractivity contribution < 1.29 is 12.3 Å². The van der Waals surface area contributed by atoms with E-state index in [1.54, 1.807) is 0 Å². The minimum atomic E-state index is -4.44. The molecule has 0 atom stereocenters. The maximum absolute atomic E-state index is 12.3. The molecule has 1 saturated heterocycles. The van der Waals surface area contributed by atoms with Crippen molar-refractivity contribution in [2.75, 3.05) is 18.8 Å². The summed E-state index contributed by atoms with van der Waals surface area (Å²) in [6, 6.07) is 2.12. The molecule has 0 aromatic carbocycles. The van der Waals surface area contributed by atoms with Gasteiger partial charge in [0.05, 0.1) is 17.2 Å². The summed E-state index contributed by atoms with van der Waals surface area (Å²) >= 11 is 0. The summed E-state index contributed by atoms with van der Waals surface area (Å²) < 4.78 is 33.0. The second-order valence-electron chi connectivity index (χ2n) is 3.64. The van der Waals surface area contributed by atoms with Crippen LogP contribution in [0.1, 0.15) is 19.3 Å². The molecule has 1 aliphatic heterocycles. The molecule has 1 heterocycles. The highest BCUT2D eigenvalue weighted by atomic mass is 32.3. The Morgan fingerprint density at radius 2 is 2.00 bits per heavy atom. The smallest absolute Gasteiger partial charge is 0.302 e. The Hall–Kier alpha value is -0.670. The molecule has 14 heavy (non-hydrogen) atoms. The van der Waals surface area contributed by atoms with Gasteiger partial charge in [0.25, 0.3) is 0 Å². The van der Waals surface area contributed by atoms with Gasteiger partial charge in [-0.15, -0.1) is 3.89 Å². The third-order valence-corrected chi connectivity index (χ3v) is 3.31. The number of nitrogens with one attached hydrogen (secondary N) is 1. The number of piperidine rings is 1. The third-order valence-electron chi connectivity index (χ3n) is 2.62. The van der Waals surface area contributed by atoms with Crippen LogP contribution in [0.5, 0.6) is 0 Å². The Labute approximate surface area is 83.3 Å². The molecule has 0 aliphatic carbocycles. The highest BCUT2D eigenvalue weighted by Crippen LogP contribution is 2.32. The van der Waals surface area contributed by atoms with Crippen LogP contribution >= 0.6 is 0 Å². The zero-order chi connectivity index (χ0) is 10.7. The van der Waals surface area contributed by atoms with Crippen LogP contribution in [0.25, 0.3) is 0 Å². The van der Waals surface area contributed by atoms with Crippen LogP contribution in [-0.2, 0) is 10.2 Å². The molecule has 0 aromatic rings. The van der Waals surface area contributed by atoms with E-state index in [4.69, 9.17) is 5.26 Å². The first kappa shape index (κ1) is 11.4. The quantitative estimate of drug-likeness (QED) is 0.706. The Morgan fingerprint density at radius 1 is 1.43 bits per heavy atom. The molecule has 80 valence electrons. The largest absolute Gasteiger partial charge is 0.317 e. The molecule has 0 unspecified atom stereocenters. The standard InChI is InChI=1S/C8H13FN2O2S/c9-14(12,13)6-3-8(7-10)1-4-11-5-2-8/h11H,1-6H2. The van der Waals surface area contributed by atoms with Crippen LogP contribution in [0, 0.1) is 16.7 Å². The highest BCUT2D eigenvalue weighted by molar-refractivity contribution is 7.86. The number of rotatable bonds is 3. The van der Waals surface area contributed by atoms with E-state index in [0.717, 1.165) is 0 Å². The average Bonchev–Trinajstić information content (AvgIpc) is 2.15. The Bertz CT molecular complexity index is 328. The molecule has 0 aromatic heterocycles. The van der Waals surface area contributed by atoms with Gasteiger partial charge in [-0.3, -0.25) is 0 Å². The van der Waals surface area contributed by atoms with Crippen LogP contribution in [-0.4, -0.2) is 27.3 Å². The molecule has 0 saturated carbocycles.